The lowest BCUT2D eigenvalue weighted by molar-refractivity contribution is -0.137. The lowest BCUT2D eigenvalue weighted by atomic mass is 10.1. The maximum absolute atomic E-state index is 12.3. The zero-order valence-electron chi connectivity index (χ0n) is 8.23. The van der Waals surface area contributed by atoms with E-state index in [1.807, 2.05) is 0 Å². The van der Waals surface area contributed by atoms with Crippen molar-refractivity contribution in [2.24, 2.45) is 0 Å². The van der Waals surface area contributed by atoms with Crippen LogP contribution < -0.4 is 5.48 Å². The summed E-state index contributed by atoms with van der Waals surface area (Å²) in [4.78, 5) is 4.51. The summed E-state index contributed by atoms with van der Waals surface area (Å²) < 4.78 is 37.0. The number of nitrogens with one attached hydrogen (secondary N) is 1. The van der Waals surface area contributed by atoms with Crippen molar-refractivity contribution in [3.63, 3.8) is 0 Å². The van der Waals surface area contributed by atoms with Gasteiger partial charge in [0, 0.05) is 10.6 Å². The number of phenols is 1. The second-order valence-electron chi connectivity index (χ2n) is 2.98. The van der Waals surface area contributed by atoms with Crippen LogP contribution in [0.1, 0.15) is 11.1 Å². The van der Waals surface area contributed by atoms with E-state index < -0.39 is 17.5 Å². The summed E-state index contributed by atoms with van der Waals surface area (Å²) in [5.74, 6) is -0.524. The van der Waals surface area contributed by atoms with Gasteiger partial charge in [0.1, 0.15) is 5.75 Å². The van der Waals surface area contributed by atoms with Gasteiger partial charge < -0.3 is 9.94 Å². The van der Waals surface area contributed by atoms with Gasteiger partial charge in [0.2, 0.25) is 0 Å². The topological polar surface area (TPSA) is 41.5 Å². The van der Waals surface area contributed by atoms with Gasteiger partial charge in [0.15, 0.2) is 0 Å². The molecule has 0 aliphatic rings. The van der Waals surface area contributed by atoms with Crippen molar-refractivity contribution >= 4 is 11.6 Å². The summed E-state index contributed by atoms with van der Waals surface area (Å²) in [6.07, 6.45) is -4.53. The molecule has 7 heteroatoms. The molecule has 2 N–H and O–H groups in total. The molecule has 0 bridgehead atoms. The molecule has 0 unspecified atom stereocenters. The van der Waals surface area contributed by atoms with E-state index in [1.165, 1.54) is 7.11 Å². The van der Waals surface area contributed by atoms with E-state index in [0.717, 1.165) is 6.07 Å². The molecule has 0 spiro atoms. The highest BCUT2D eigenvalue weighted by Crippen LogP contribution is 2.36. The van der Waals surface area contributed by atoms with Crippen LogP contribution in [0.5, 0.6) is 5.75 Å². The summed E-state index contributed by atoms with van der Waals surface area (Å²) in [5, 5.41) is 9.21. The molecule has 1 rings (SSSR count). The molecule has 0 aliphatic carbocycles. The summed E-state index contributed by atoms with van der Waals surface area (Å²) in [7, 11) is 1.34. The predicted molar refractivity (Wildman–Crippen MR) is 52.0 cm³/mol. The van der Waals surface area contributed by atoms with E-state index in [1.54, 1.807) is 0 Å². The Morgan fingerprint density at radius 2 is 2.06 bits per heavy atom. The Morgan fingerprint density at radius 1 is 1.44 bits per heavy atom. The minimum absolute atomic E-state index is 0.0132. The lowest BCUT2D eigenvalue weighted by Gasteiger charge is -2.12. The molecule has 16 heavy (non-hydrogen) atoms. The smallest absolute Gasteiger partial charge is 0.416 e. The van der Waals surface area contributed by atoms with E-state index in [-0.39, 0.29) is 17.1 Å². The summed E-state index contributed by atoms with van der Waals surface area (Å²) in [6.45, 7) is 0.0132. The molecule has 0 aliphatic heterocycles. The number of phenolic OH excluding ortho intramolecular Hbond substituents is 1. The van der Waals surface area contributed by atoms with E-state index in [9.17, 15) is 18.3 Å². The number of hydrogen-bond acceptors (Lipinski definition) is 3. The molecule has 0 radical (unpaired) electrons. The van der Waals surface area contributed by atoms with Gasteiger partial charge in [-0.2, -0.15) is 18.7 Å². The van der Waals surface area contributed by atoms with E-state index in [4.69, 9.17) is 11.6 Å². The van der Waals surface area contributed by atoms with Gasteiger partial charge in [-0.25, -0.2) is 0 Å². The minimum Gasteiger partial charge on any atom is -0.508 e. The van der Waals surface area contributed by atoms with Crippen molar-refractivity contribution in [1.82, 2.24) is 5.48 Å². The minimum atomic E-state index is -4.53. The van der Waals surface area contributed by atoms with Crippen molar-refractivity contribution in [1.29, 1.82) is 0 Å². The van der Waals surface area contributed by atoms with Gasteiger partial charge in [-0.1, -0.05) is 11.6 Å². The Kier molecular flexibility index (Phi) is 4.01. The number of hydroxylamine groups is 1. The molecule has 90 valence electrons. The average molecular weight is 256 g/mol. The SMILES string of the molecule is CONCc1c(O)cc(C(F)(F)F)cc1Cl. The number of benzene rings is 1. The van der Waals surface area contributed by atoms with Crippen molar-refractivity contribution in [3.05, 3.63) is 28.3 Å². The molecule has 0 heterocycles. The fourth-order valence-corrected chi connectivity index (χ4v) is 1.39. The highest BCUT2D eigenvalue weighted by Gasteiger charge is 2.32. The summed E-state index contributed by atoms with van der Waals surface area (Å²) in [6, 6.07) is 1.38. The Labute approximate surface area is 94.7 Å². The maximum atomic E-state index is 12.3. The van der Waals surface area contributed by atoms with Crippen LogP contribution in [0.15, 0.2) is 12.1 Å². The Bertz CT molecular complexity index is 359. The van der Waals surface area contributed by atoms with E-state index in [2.05, 4.69) is 10.3 Å². The predicted octanol–water partition coefficient (Wildman–Crippen LogP) is 2.72. The highest BCUT2D eigenvalue weighted by molar-refractivity contribution is 6.31. The highest BCUT2D eigenvalue weighted by atomic mass is 35.5. The monoisotopic (exact) mass is 255 g/mol. The molecule has 0 amide bonds. The van der Waals surface area contributed by atoms with Crippen LogP contribution in [0.4, 0.5) is 13.2 Å². The number of aromatic hydroxyl groups is 1. The average Bonchev–Trinajstić information content (AvgIpc) is 2.15. The molecule has 0 saturated carbocycles. The lowest BCUT2D eigenvalue weighted by Crippen LogP contribution is -2.12. The van der Waals surface area contributed by atoms with Crippen LogP contribution in [-0.4, -0.2) is 12.2 Å². The zero-order valence-corrected chi connectivity index (χ0v) is 8.99. The molecule has 3 nitrogen and oxygen atoms in total. The summed E-state index contributed by atoms with van der Waals surface area (Å²) >= 11 is 5.62. The Morgan fingerprint density at radius 3 is 2.50 bits per heavy atom. The standard InChI is InChI=1S/C9H9ClF3NO2/c1-16-14-4-6-7(10)2-5(3-8(6)15)9(11,12)13/h2-3,14-15H,4H2,1H3. The molecule has 0 atom stereocenters. The third-order valence-corrected chi connectivity index (χ3v) is 2.23. The summed E-state index contributed by atoms with van der Waals surface area (Å²) in [5.41, 5.74) is 1.54. The first-order valence-electron chi connectivity index (χ1n) is 4.20. The van der Waals surface area contributed by atoms with Gasteiger partial charge in [0.05, 0.1) is 19.2 Å². The van der Waals surface area contributed by atoms with Gasteiger partial charge in [-0.05, 0) is 12.1 Å². The first-order chi connectivity index (χ1) is 7.36. The molecular weight excluding hydrogens is 247 g/mol. The van der Waals surface area contributed by atoms with Crippen molar-refractivity contribution in [2.75, 3.05) is 7.11 Å². The molecule has 1 aromatic carbocycles. The van der Waals surface area contributed by atoms with E-state index in [0.29, 0.717) is 6.07 Å². The Balaban J connectivity index is 3.08. The zero-order chi connectivity index (χ0) is 12.3. The molecule has 1 aromatic rings. The number of rotatable bonds is 3. The molecule has 0 saturated heterocycles. The van der Waals surface area contributed by atoms with Crippen molar-refractivity contribution in [2.45, 2.75) is 12.7 Å². The fraction of sp³-hybridized carbons (Fsp3) is 0.333. The molecular formula is C9H9ClF3NO2. The maximum Gasteiger partial charge on any atom is 0.416 e. The normalized spacial score (nSPS) is 11.8. The van der Waals surface area contributed by atoms with Crippen LogP contribution in [0.3, 0.4) is 0 Å². The fourth-order valence-electron chi connectivity index (χ4n) is 1.11. The van der Waals surface area contributed by atoms with Crippen LogP contribution in [0.2, 0.25) is 5.02 Å². The van der Waals surface area contributed by atoms with Crippen molar-refractivity contribution in [3.8, 4) is 5.75 Å². The number of halogens is 4. The number of alkyl halides is 3. The van der Waals surface area contributed by atoms with Gasteiger partial charge in [-0.15, -0.1) is 0 Å². The van der Waals surface area contributed by atoms with Gasteiger partial charge in [0.25, 0.3) is 0 Å². The van der Waals surface area contributed by atoms with Crippen LogP contribution in [0.25, 0.3) is 0 Å². The van der Waals surface area contributed by atoms with Crippen LogP contribution in [0, 0.1) is 0 Å². The largest absolute Gasteiger partial charge is 0.508 e. The Hall–Kier alpha value is -0.980. The second-order valence-corrected chi connectivity index (χ2v) is 3.39. The number of hydrogen-bond donors (Lipinski definition) is 2. The molecule has 0 fully saturated rings. The van der Waals surface area contributed by atoms with Gasteiger partial charge >= 0.3 is 6.18 Å². The second kappa shape index (κ2) is 4.90. The van der Waals surface area contributed by atoms with Crippen LogP contribution >= 0.6 is 11.6 Å². The molecule has 0 aromatic heterocycles. The third kappa shape index (κ3) is 3.01. The first kappa shape index (κ1) is 13.1. The first-order valence-corrected chi connectivity index (χ1v) is 4.58. The van der Waals surface area contributed by atoms with Crippen LogP contribution in [-0.2, 0) is 17.6 Å². The van der Waals surface area contributed by atoms with Gasteiger partial charge in [-0.3, -0.25) is 0 Å². The van der Waals surface area contributed by atoms with E-state index >= 15 is 0 Å². The quantitative estimate of drug-likeness (QED) is 0.816. The third-order valence-electron chi connectivity index (χ3n) is 1.89. The van der Waals surface area contributed by atoms with Crippen molar-refractivity contribution < 1.29 is 23.1 Å².